The molecule has 100 valence electrons. The number of hydrogen-bond acceptors (Lipinski definition) is 5. The molecule has 18 heavy (non-hydrogen) atoms. The van der Waals surface area contributed by atoms with Crippen LogP contribution in [0.5, 0.6) is 11.5 Å². The molecule has 0 radical (unpaired) electrons. The van der Waals surface area contributed by atoms with E-state index in [1.165, 1.54) is 39.3 Å². The Morgan fingerprint density at radius 2 is 1.83 bits per heavy atom. The monoisotopic (exact) mass is 273 g/mol. The minimum atomic E-state index is -3.75. The van der Waals surface area contributed by atoms with Crippen molar-refractivity contribution < 1.29 is 22.7 Å². The van der Waals surface area contributed by atoms with Crippen LogP contribution in [0.15, 0.2) is 23.1 Å². The summed E-state index contributed by atoms with van der Waals surface area (Å²) in [4.78, 5) is 10.5. The van der Waals surface area contributed by atoms with Crippen LogP contribution < -0.4 is 14.2 Å². The van der Waals surface area contributed by atoms with Gasteiger partial charge in [0.25, 0.3) is 0 Å². The summed E-state index contributed by atoms with van der Waals surface area (Å²) in [7, 11) is -0.876. The summed E-state index contributed by atoms with van der Waals surface area (Å²) >= 11 is 0. The molecule has 1 rings (SSSR count). The molecule has 6 nitrogen and oxygen atoms in total. The van der Waals surface area contributed by atoms with Gasteiger partial charge in [0.1, 0.15) is 6.29 Å². The van der Waals surface area contributed by atoms with Gasteiger partial charge in [-0.25, -0.2) is 13.1 Å². The van der Waals surface area contributed by atoms with E-state index in [0.29, 0.717) is 17.8 Å². The largest absolute Gasteiger partial charge is 0.493 e. The summed E-state index contributed by atoms with van der Waals surface area (Å²) in [6.45, 7) is 1.45. The maximum absolute atomic E-state index is 11.9. The van der Waals surface area contributed by atoms with E-state index in [9.17, 15) is 13.2 Å². The van der Waals surface area contributed by atoms with E-state index in [1.807, 2.05) is 0 Å². The van der Waals surface area contributed by atoms with Crippen LogP contribution in [0.1, 0.15) is 6.92 Å². The molecule has 0 spiro atoms. The molecule has 0 aliphatic heterocycles. The van der Waals surface area contributed by atoms with E-state index in [1.54, 1.807) is 0 Å². The summed E-state index contributed by atoms with van der Waals surface area (Å²) in [6.07, 6.45) is 0.512. The van der Waals surface area contributed by atoms with Crippen molar-refractivity contribution in [2.24, 2.45) is 0 Å². The molecule has 0 heterocycles. The fourth-order valence-corrected chi connectivity index (χ4v) is 2.51. The Hall–Kier alpha value is -1.60. The number of methoxy groups -OCH3 is 2. The maximum Gasteiger partial charge on any atom is 0.241 e. The van der Waals surface area contributed by atoms with E-state index in [4.69, 9.17) is 9.47 Å². The molecule has 0 fully saturated rings. The second kappa shape index (κ2) is 5.83. The number of nitrogens with one attached hydrogen (secondary N) is 1. The Morgan fingerprint density at radius 1 is 1.22 bits per heavy atom. The van der Waals surface area contributed by atoms with Crippen molar-refractivity contribution in [2.45, 2.75) is 17.9 Å². The highest BCUT2D eigenvalue weighted by Crippen LogP contribution is 2.29. The van der Waals surface area contributed by atoms with E-state index in [0.717, 1.165) is 0 Å². The Kier molecular flexibility index (Phi) is 4.69. The fourth-order valence-electron chi connectivity index (χ4n) is 1.32. The van der Waals surface area contributed by atoms with Crippen molar-refractivity contribution >= 4 is 16.3 Å². The van der Waals surface area contributed by atoms with Gasteiger partial charge in [-0.2, -0.15) is 0 Å². The second-order valence-corrected chi connectivity index (χ2v) is 5.28. The lowest BCUT2D eigenvalue weighted by Crippen LogP contribution is -2.33. The zero-order valence-electron chi connectivity index (χ0n) is 10.3. The number of aldehydes is 1. The lowest BCUT2D eigenvalue weighted by Gasteiger charge is -2.12. The lowest BCUT2D eigenvalue weighted by atomic mass is 10.3. The third-order valence-electron chi connectivity index (χ3n) is 2.21. The first kappa shape index (κ1) is 14.5. The van der Waals surface area contributed by atoms with Gasteiger partial charge in [0.15, 0.2) is 11.5 Å². The lowest BCUT2D eigenvalue weighted by molar-refractivity contribution is -0.108. The Labute approximate surface area is 106 Å². The molecule has 0 unspecified atom stereocenters. The molecule has 1 aromatic carbocycles. The molecule has 0 saturated heterocycles. The first-order valence-electron chi connectivity index (χ1n) is 5.14. The normalized spacial score (nSPS) is 12.8. The van der Waals surface area contributed by atoms with Crippen molar-refractivity contribution in [1.82, 2.24) is 4.72 Å². The molecule has 1 atom stereocenters. The first-order chi connectivity index (χ1) is 8.44. The van der Waals surface area contributed by atoms with Gasteiger partial charge in [-0.3, -0.25) is 0 Å². The van der Waals surface area contributed by atoms with E-state index in [2.05, 4.69) is 4.72 Å². The maximum atomic E-state index is 11.9. The molecule has 0 aliphatic rings. The van der Waals surface area contributed by atoms with Gasteiger partial charge in [-0.05, 0) is 19.1 Å². The molecule has 7 heteroatoms. The smallest absolute Gasteiger partial charge is 0.241 e. The first-order valence-corrected chi connectivity index (χ1v) is 6.62. The number of hydrogen-bond donors (Lipinski definition) is 1. The second-order valence-electron chi connectivity index (χ2n) is 3.56. The standard InChI is InChI=1S/C11H15NO5S/c1-8(7-13)12-18(14,15)9-4-5-10(16-2)11(6-9)17-3/h4-8,12H,1-3H3/t8-/m0/s1. The SMILES string of the molecule is COc1ccc(S(=O)(=O)N[C@@H](C)C=O)cc1OC. The third-order valence-corrected chi connectivity index (χ3v) is 3.77. The Morgan fingerprint density at radius 3 is 2.33 bits per heavy atom. The van der Waals surface area contributed by atoms with E-state index >= 15 is 0 Å². The van der Waals surface area contributed by atoms with Crippen LogP contribution in [0.2, 0.25) is 0 Å². The van der Waals surface area contributed by atoms with Crippen LogP contribution in [-0.2, 0) is 14.8 Å². The average Bonchev–Trinajstić information content (AvgIpc) is 2.37. The number of benzene rings is 1. The number of carbonyl (C=O) groups is 1. The zero-order chi connectivity index (χ0) is 13.8. The van der Waals surface area contributed by atoms with E-state index in [-0.39, 0.29) is 4.90 Å². The highest BCUT2D eigenvalue weighted by Gasteiger charge is 2.19. The van der Waals surface area contributed by atoms with Gasteiger partial charge in [0, 0.05) is 6.07 Å². The van der Waals surface area contributed by atoms with Gasteiger partial charge in [0.2, 0.25) is 10.0 Å². The minimum Gasteiger partial charge on any atom is -0.493 e. The Balaban J connectivity index is 3.13. The highest BCUT2D eigenvalue weighted by molar-refractivity contribution is 7.89. The number of sulfonamides is 1. The summed E-state index contributed by atoms with van der Waals surface area (Å²) in [5, 5.41) is 0. The topological polar surface area (TPSA) is 81.7 Å². The molecule has 0 amide bonds. The molecule has 0 saturated carbocycles. The minimum absolute atomic E-state index is 0.00819. The highest BCUT2D eigenvalue weighted by atomic mass is 32.2. The van der Waals surface area contributed by atoms with Gasteiger partial charge < -0.3 is 14.3 Å². The zero-order valence-corrected chi connectivity index (χ0v) is 11.2. The van der Waals surface area contributed by atoms with Gasteiger partial charge in [0.05, 0.1) is 25.2 Å². The van der Waals surface area contributed by atoms with Crippen molar-refractivity contribution in [3.8, 4) is 11.5 Å². The van der Waals surface area contributed by atoms with Gasteiger partial charge in [-0.1, -0.05) is 0 Å². The quantitative estimate of drug-likeness (QED) is 0.766. The van der Waals surface area contributed by atoms with Crippen LogP contribution in [-0.4, -0.2) is 35.0 Å². The summed E-state index contributed by atoms with van der Waals surface area (Å²) in [6, 6.07) is 3.40. The third kappa shape index (κ3) is 3.21. The van der Waals surface area contributed by atoms with Crippen LogP contribution in [0.4, 0.5) is 0 Å². The summed E-state index contributed by atoms with van der Waals surface area (Å²) in [5.41, 5.74) is 0. The van der Waals surface area contributed by atoms with Crippen LogP contribution >= 0.6 is 0 Å². The van der Waals surface area contributed by atoms with Gasteiger partial charge in [-0.15, -0.1) is 0 Å². The van der Waals surface area contributed by atoms with Crippen LogP contribution in [0.3, 0.4) is 0 Å². The molecule has 1 N–H and O–H groups in total. The fraction of sp³-hybridized carbons (Fsp3) is 0.364. The molecule has 0 bridgehead atoms. The van der Waals surface area contributed by atoms with Crippen molar-refractivity contribution in [1.29, 1.82) is 0 Å². The van der Waals surface area contributed by atoms with Crippen molar-refractivity contribution in [3.05, 3.63) is 18.2 Å². The molecule has 0 aliphatic carbocycles. The molecular formula is C11H15NO5S. The molecule has 0 aromatic heterocycles. The molecule has 1 aromatic rings. The van der Waals surface area contributed by atoms with Crippen molar-refractivity contribution in [2.75, 3.05) is 14.2 Å². The summed E-state index contributed by atoms with van der Waals surface area (Å²) in [5.74, 6) is 0.735. The number of carbonyl (C=O) groups excluding carboxylic acids is 1. The Bertz CT molecular complexity index is 526. The van der Waals surface area contributed by atoms with Crippen LogP contribution in [0, 0.1) is 0 Å². The number of rotatable bonds is 6. The predicted octanol–water partition coefficient (Wildman–Crippen LogP) is 0.569. The van der Waals surface area contributed by atoms with Crippen LogP contribution in [0.25, 0.3) is 0 Å². The number of ether oxygens (including phenoxy) is 2. The predicted molar refractivity (Wildman–Crippen MR) is 65.4 cm³/mol. The van der Waals surface area contributed by atoms with E-state index < -0.39 is 16.1 Å². The summed E-state index contributed by atoms with van der Waals surface area (Å²) < 4.78 is 36.1. The van der Waals surface area contributed by atoms with Gasteiger partial charge >= 0.3 is 0 Å². The average molecular weight is 273 g/mol. The van der Waals surface area contributed by atoms with Crippen molar-refractivity contribution in [3.63, 3.8) is 0 Å². The molecular weight excluding hydrogens is 258 g/mol.